The molecule has 24 heavy (non-hydrogen) atoms. The van der Waals surface area contributed by atoms with Crippen LogP contribution in [0.15, 0.2) is 18.2 Å². The number of phenolic OH excluding ortho intramolecular Hbond substituents is 1. The molecule has 0 aliphatic heterocycles. The number of nitrogens with one attached hydrogen (secondary N) is 1. The van der Waals surface area contributed by atoms with Gasteiger partial charge >= 0.3 is 6.09 Å². The summed E-state index contributed by atoms with van der Waals surface area (Å²) in [5.41, 5.74) is 5.91. The molecule has 4 N–H and O–H groups in total. The Morgan fingerprint density at radius 3 is 2.71 bits per heavy atom. The number of carbonyl (C=O) groups excluding carboxylic acids is 2. The summed E-state index contributed by atoms with van der Waals surface area (Å²) >= 11 is 0. The van der Waals surface area contributed by atoms with Crippen molar-refractivity contribution in [2.24, 2.45) is 11.7 Å². The number of rotatable bonds is 8. The second-order valence-electron chi connectivity index (χ2n) is 6.01. The van der Waals surface area contributed by atoms with Gasteiger partial charge in [-0.2, -0.15) is 0 Å². The molecule has 7 nitrogen and oxygen atoms in total. The summed E-state index contributed by atoms with van der Waals surface area (Å²) in [6, 6.07) is 5.08. The van der Waals surface area contributed by atoms with Gasteiger partial charge in [-0.25, -0.2) is 4.79 Å². The molecule has 132 valence electrons. The summed E-state index contributed by atoms with van der Waals surface area (Å²) < 4.78 is 9.93. The van der Waals surface area contributed by atoms with E-state index in [0.29, 0.717) is 31.1 Å². The summed E-state index contributed by atoms with van der Waals surface area (Å²) in [5, 5.41) is 12.5. The van der Waals surface area contributed by atoms with E-state index in [1.165, 1.54) is 7.11 Å². The summed E-state index contributed by atoms with van der Waals surface area (Å²) in [6.45, 7) is 0.369. The highest BCUT2D eigenvalue weighted by molar-refractivity contribution is 5.83. The zero-order valence-electron chi connectivity index (χ0n) is 13.8. The molecule has 0 spiro atoms. The Morgan fingerprint density at radius 1 is 1.42 bits per heavy atom. The van der Waals surface area contributed by atoms with Gasteiger partial charge in [0.15, 0.2) is 17.6 Å². The van der Waals surface area contributed by atoms with Gasteiger partial charge in [0, 0.05) is 6.54 Å². The fraction of sp³-hybridized carbons (Fsp3) is 0.529. The van der Waals surface area contributed by atoms with Crippen molar-refractivity contribution in [3.8, 4) is 11.5 Å². The van der Waals surface area contributed by atoms with Crippen molar-refractivity contribution >= 4 is 12.0 Å². The van der Waals surface area contributed by atoms with Gasteiger partial charge in [0.1, 0.15) is 0 Å². The quantitative estimate of drug-likeness (QED) is 0.669. The van der Waals surface area contributed by atoms with E-state index in [1.54, 1.807) is 12.1 Å². The molecule has 1 atom stereocenters. The van der Waals surface area contributed by atoms with Gasteiger partial charge in [-0.15, -0.1) is 0 Å². The van der Waals surface area contributed by atoms with Crippen LogP contribution in [-0.4, -0.2) is 36.9 Å². The lowest BCUT2D eigenvalue weighted by Crippen LogP contribution is -2.41. The molecule has 1 saturated carbocycles. The van der Waals surface area contributed by atoms with Crippen molar-refractivity contribution in [1.82, 2.24) is 5.32 Å². The van der Waals surface area contributed by atoms with Crippen molar-refractivity contribution in [2.45, 2.75) is 38.2 Å². The minimum atomic E-state index is -0.936. The second kappa shape index (κ2) is 8.42. The topological polar surface area (TPSA) is 111 Å². The lowest BCUT2D eigenvalue weighted by Gasteiger charge is -2.28. The fourth-order valence-electron chi connectivity index (χ4n) is 2.72. The first kappa shape index (κ1) is 17.9. The second-order valence-corrected chi connectivity index (χ2v) is 6.01. The number of amides is 2. The molecular weight excluding hydrogens is 312 g/mol. The van der Waals surface area contributed by atoms with Gasteiger partial charge in [-0.3, -0.25) is 4.79 Å². The molecule has 1 aliphatic rings. The van der Waals surface area contributed by atoms with Crippen LogP contribution in [0.25, 0.3) is 0 Å². The molecule has 0 saturated heterocycles. The number of phenols is 1. The maximum absolute atomic E-state index is 12.2. The minimum absolute atomic E-state index is 0.0567. The molecule has 1 aliphatic carbocycles. The SMILES string of the molecule is COc1ccc(CCNC(=O)[C@@H](CC2CCC2)OC(N)=O)cc1O. The molecule has 1 aromatic rings. The third-order valence-corrected chi connectivity index (χ3v) is 4.28. The first-order valence-corrected chi connectivity index (χ1v) is 8.09. The number of primary amides is 1. The summed E-state index contributed by atoms with van der Waals surface area (Å²) in [5.74, 6) is 0.538. The molecule has 0 radical (unpaired) electrons. The Bertz CT molecular complexity index is 586. The Balaban J connectivity index is 1.83. The Morgan fingerprint density at radius 2 is 2.17 bits per heavy atom. The number of aromatic hydroxyl groups is 1. The molecule has 0 bridgehead atoms. The van der Waals surface area contributed by atoms with Crippen molar-refractivity contribution in [3.63, 3.8) is 0 Å². The number of methoxy groups -OCH3 is 1. The van der Waals surface area contributed by atoms with Gasteiger partial charge in [-0.1, -0.05) is 25.3 Å². The molecule has 1 aromatic carbocycles. The lowest BCUT2D eigenvalue weighted by atomic mass is 9.81. The Hall–Kier alpha value is -2.44. The van der Waals surface area contributed by atoms with Gasteiger partial charge < -0.3 is 25.6 Å². The van der Waals surface area contributed by atoms with Crippen LogP contribution in [0.5, 0.6) is 11.5 Å². The van der Waals surface area contributed by atoms with Crippen LogP contribution in [0.2, 0.25) is 0 Å². The molecule has 2 amide bonds. The molecule has 0 unspecified atom stereocenters. The summed E-state index contributed by atoms with van der Waals surface area (Å²) in [4.78, 5) is 23.2. The number of nitrogens with two attached hydrogens (primary N) is 1. The average molecular weight is 336 g/mol. The lowest BCUT2D eigenvalue weighted by molar-refractivity contribution is -0.130. The first-order valence-electron chi connectivity index (χ1n) is 8.09. The highest BCUT2D eigenvalue weighted by Gasteiger charge is 2.28. The van der Waals surface area contributed by atoms with Gasteiger partial charge in [0.2, 0.25) is 0 Å². The Labute approximate surface area is 141 Å². The molecular formula is C17H24N2O5. The van der Waals surface area contributed by atoms with Gasteiger partial charge in [0.25, 0.3) is 5.91 Å². The highest BCUT2D eigenvalue weighted by Crippen LogP contribution is 2.31. The van der Waals surface area contributed by atoms with Gasteiger partial charge in [-0.05, 0) is 36.5 Å². The summed E-state index contributed by atoms with van der Waals surface area (Å²) in [7, 11) is 1.48. The van der Waals surface area contributed by atoms with Crippen LogP contribution in [0, 0.1) is 5.92 Å². The van der Waals surface area contributed by atoms with E-state index in [2.05, 4.69) is 5.32 Å². The van der Waals surface area contributed by atoms with E-state index >= 15 is 0 Å². The summed E-state index contributed by atoms with van der Waals surface area (Å²) in [6.07, 6.45) is 2.53. The van der Waals surface area contributed by atoms with Crippen LogP contribution in [0.1, 0.15) is 31.2 Å². The standard InChI is InChI=1S/C17H24N2O5/c1-23-14-6-5-12(9-13(14)20)7-8-19-16(21)15(24-17(18)22)10-11-3-2-4-11/h5-6,9,11,15,20H,2-4,7-8,10H2,1H3,(H2,18,22)(H,19,21)/t15-/m1/s1. The van der Waals surface area contributed by atoms with Crippen molar-refractivity contribution in [2.75, 3.05) is 13.7 Å². The minimum Gasteiger partial charge on any atom is -0.504 e. The maximum atomic E-state index is 12.2. The normalized spacial score (nSPS) is 15.2. The number of carbonyl (C=O) groups is 2. The van der Waals surface area contributed by atoms with Gasteiger partial charge in [0.05, 0.1) is 7.11 Å². The van der Waals surface area contributed by atoms with Crippen LogP contribution >= 0.6 is 0 Å². The van der Waals surface area contributed by atoms with E-state index in [0.717, 1.165) is 24.8 Å². The number of hydrogen-bond acceptors (Lipinski definition) is 5. The maximum Gasteiger partial charge on any atom is 0.405 e. The first-order chi connectivity index (χ1) is 11.5. The third kappa shape index (κ3) is 5.04. The van der Waals surface area contributed by atoms with Crippen LogP contribution in [0.3, 0.4) is 0 Å². The molecule has 1 fully saturated rings. The van der Waals surface area contributed by atoms with Crippen LogP contribution in [-0.2, 0) is 16.0 Å². The van der Waals surface area contributed by atoms with Crippen LogP contribution in [0.4, 0.5) is 4.79 Å². The van der Waals surface area contributed by atoms with Crippen molar-refractivity contribution in [1.29, 1.82) is 0 Å². The predicted molar refractivity (Wildman–Crippen MR) is 87.8 cm³/mol. The molecule has 0 aromatic heterocycles. The van der Waals surface area contributed by atoms with Crippen LogP contribution < -0.4 is 15.8 Å². The number of benzene rings is 1. The van der Waals surface area contributed by atoms with Crippen molar-refractivity contribution < 1.29 is 24.2 Å². The molecule has 0 heterocycles. The zero-order chi connectivity index (χ0) is 17.5. The third-order valence-electron chi connectivity index (χ3n) is 4.28. The fourth-order valence-corrected chi connectivity index (χ4v) is 2.72. The van der Waals surface area contributed by atoms with E-state index in [4.69, 9.17) is 15.2 Å². The van der Waals surface area contributed by atoms with E-state index in [9.17, 15) is 14.7 Å². The highest BCUT2D eigenvalue weighted by atomic mass is 16.6. The van der Waals surface area contributed by atoms with E-state index in [1.807, 2.05) is 6.07 Å². The van der Waals surface area contributed by atoms with E-state index in [-0.39, 0.29) is 11.7 Å². The molecule has 2 rings (SSSR count). The zero-order valence-corrected chi connectivity index (χ0v) is 13.8. The molecule has 7 heteroatoms. The Kier molecular flexibility index (Phi) is 6.28. The number of hydrogen-bond donors (Lipinski definition) is 3. The number of ether oxygens (including phenoxy) is 2. The predicted octanol–water partition coefficient (Wildman–Crippen LogP) is 1.71. The average Bonchev–Trinajstić information content (AvgIpc) is 2.49. The monoisotopic (exact) mass is 336 g/mol. The largest absolute Gasteiger partial charge is 0.504 e. The smallest absolute Gasteiger partial charge is 0.405 e. The van der Waals surface area contributed by atoms with Crippen molar-refractivity contribution in [3.05, 3.63) is 23.8 Å². The van der Waals surface area contributed by atoms with E-state index < -0.39 is 12.2 Å².